The molecule has 0 atom stereocenters. The van der Waals surface area contributed by atoms with Gasteiger partial charge in [-0.15, -0.1) is 0 Å². The SMILES string of the molecule is COCCCNC(=O)CN(C)CC(=O)Nc1ccc([N+](=O)[O-])cc1Br. The average Bonchev–Trinajstić information content (AvgIpc) is 2.53. The molecule has 138 valence electrons. The summed E-state index contributed by atoms with van der Waals surface area (Å²) in [5.41, 5.74) is 0.347. The van der Waals surface area contributed by atoms with Gasteiger partial charge in [0, 0.05) is 36.9 Å². The average molecular weight is 417 g/mol. The van der Waals surface area contributed by atoms with E-state index < -0.39 is 4.92 Å². The number of rotatable bonds is 10. The molecule has 1 aromatic carbocycles. The first-order valence-electron chi connectivity index (χ1n) is 7.51. The fraction of sp³-hybridized carbons (Fsp3) is 0.467. The molecule has 0 aromatic heterocycles. The van der Waals surface area contributed by atoms with Crippen LogP contribution in [0.5, 0.6) is 0 Å². The lowest BCUT2D eigenvalue weighted by atomic mass is 10.3. The Kier molecular flexibility index (Phi) is 9.03. The van der Waals surface area contributed by atoms with Crippen LogP contribution in [-0.2, 0) is 14.3 Å². The number of nitrogens with zero attached hydrogens (tertiary/aromatic N) is 2. The number of likely N-dealkylation sites (N-methyl/N-ethyl adjacent to an activating group) is 1. The Morgan fingerprint density at radius 2 is 2.00 bits per heavy atom. The molecule has 0 heterocycles. The van der Waals surface area contributed by atoms with Gasteiger partial charge in [-0.2, -0.15) is 0 Å². The van der Waals surface area contributed by atoms with Crippen molar-refractivity contribution in [2.45, 2.75) is 6.42 Å². The Labute approximate surface area is 154 Å². The van der Waals surface area contributed by atoms with E-state index in [-0.39, 0.29) is 30.6 Å². The van der Waals surface area contributed by atoms with Crippen LogP contribution in [0.1, 0.15) is 6.42 Å². The highest BCUT2D eigenvalue weighted by Crippen LogP contribution is 2.26. The monoisotopic (exact) mass is 416 g/mol. The Morgan fingerprint density at radius 3 is 2.60 bits per heavy atom. The van der Waals surface area contributed by atoms with Crippen molar-refractivity contribution in [2.24, 2.45) is 0 Å². The summed E-state index contributed by atoms with van der Waals surface area (Å²) in [5, 5.41) is 16.1. The van der Waals surface area contributed by atoms with Gasteiger partial charge in [-0.05, 0) is 35.5 Å². The summed E-state index contributed by atoms with van der Waals surface area (Å²) in [7, 11) is 3.25. The van der Waals surface area contributed by atoms with Gasteiger partial charge >= 0.3 is 0 Å². The standard InChI is InChI=1S/C15H21BrN4O5/c1-19(9-14(21)17-6-3-7-25-2)10-15(22)18-13-5-4-11(20(23)24)8-12(13)16/h4-5,8H,3,6-7,9-10H2,1-2H3,(H,17,21)(H,18,22). The van der Waals surface area contributed by atoms with Gasteiger partial charge in [-0.1, -0.05) is 0 Å². The fourth-order valence-corrected chi connectivity index (χ4v) is 2.42. The Hall–Kier alpha value is -2.04. The minimum atomic E-state index is -0.518. The maximum atomic E-state index is 12.0. The molecule has 0 saturated carbocycles. The molecule has 9 nitrogen and oxygen atoms in total. The van der Waals surface area contributed by atoms with Crippen LogP contribution in [0.2, 0.25) is 0 Å². The van der Waals surface area contributed by atoms with Gasteiger partial charge in [0.15, 0.2) is 0 Å². The first kappa shape index (κ1) is 21.0. The van der Waals surface area contributed by atoms with Gasteiger partial charge in [0.2, 0.25) is 11.8 Å². The van der Waals surface area contributed by atoms with Crippen molar-refractivity contribution in [2.75, 3.05) is 45.7 Å². The van der Waals surface area contributed by atoms with Crippen molar-refractivity contribution in [1.29, 1.82) is 0 Å². The van der Waals surface area contributed by atoms with E-state index in [2.05, 4.69) is 26.6 Å². The molecule has 0 fully saturated rings. The molecular weight excluding hydrogens is 396 g/mol. The lowest BCUT2D eigenvalue weighted by Crippen LogP contribution is -2.39. The van der Waals surface area contributed by atoms with Gasteiger partial charge in [0.1, 0.15) is 0 Å². The number of hydrogen-bond acceptors (Lipinski definition) is 6. The lowest BCUT2D eigenvalue weighted by molar-refractivity contribution is -0.384. The van der Waals surface area contributed by atoms with E-state index in [9.17, 15) is 19.7 Å². The third-order valence-corrected chi connectivity index (χ3v) is 3.77. The second-order valence-electron chi connectivity index (χ2n) is 5.34. The zero-order valence-electron chi connectivity index (χ0n) is 14.1. The summed E-state index contributed by atoms with van der Waals surface area (Å²) in [6.45, 7) is 1.18. The molecule has 0 radical (unpaired) electrons. The number of hydrogen-bond donors (Lipinski definition) is 2. The zero-order chi connectivity index (χ0) is 18.8. The van der Waals surface area contributed by atoms with Crippen LogP contribution < -0.4 is 10.6 Å². The maximum Gasteiger partial charge on any atom is 0.270 e. The Bertz CT molecular complexity index is 626. The molecule has 25 heavy (non-hydrogen) atoms. The summed E-state index contributed by atoms with van der Waals surface area (Å²) in [6, 6.07) is 4.06. The number of methoxy groups -OCH3 is 1. The largest absolute Gasteiger partial charge is 0.385 e. The lowest BCUT2D eigenvalue weighted by Gasteiger charge is -2.16. The van der Waals surface area contributed by atoms with Crippen molar-refractivity contribution in [3.05, 3.63) is 32.8 Å². The van der Waals surface area contributed by atoms with Crippen molar-refractivity contribution in [3.8, 4) is 0 Å². The second-order valence-corrected chi connectivity index (χ2v) is 6.19. The highest BCUT2D eigenvalue weighted by Gasteiger charge is 2.14. The third-order valence-electron chi connectivity index (χ3n) is 3.11. The van der Waals surface area contributed by atoms with Gasteiger partial charge in [-0.25, -0.2) is 0 Å². The van der Waals surface area contributed by atoms with E-state index in [4.69, 9.17) is 4.74 Å². The number of benzene rings is 1. The summed E-state index contributed by atoms with van der Waals surface area (Å²) in [5.74, 6) is -0.507. The molecule has 2 N–H and O–H groups in total. The van der Waals surface area contributed by atoms with Crippen LogP contribution in [-0.4, -0.2) is 62.0 Å². The van der Waals surface area contributed by atoms with Crippen molar-refractivity contribution in [1.82, 2.24) is 10.2 Å². The third kappa shape index (κ3) is 8.05. The minimum Gasteiger partial charge on any atom is -0.385 e. The number of amides is 2. The molecule has 10 heteroatoms. The van der Waals surface area contributed by atoms with Crippen LogP contribution in [0.15, 0.2) is 22.7 Å². The van der Waals surface area contributed by atoms with Crippen LogP contribution in [0.25, 0.3) is 0 Å². The summed E-state index contributed by atoms with van der Waals surface area (Å²) < 4.78 is 5.30. The van der Waals surface area contributed by atoms with E-state index in [1.54, 1.807) is 19.1 Å². The number of ether oxygens (including phenoxy) is 1. The fourth-order valence-electron chi connectivity index (χ4n) is 1.96. The van der Waals surface area contributed by atoms with Crippen molar-refractivity contribution in [3.63, 3.8) is 0 Å². The first-order valence-corrected chi connectivity index (χ1v) is 8.30. The number of nitrogens with one attached hydrogen (secondary N) is 2. The molecule has 0 spiro atoms. The van der Waals surface area contributed by atoms with E-state index in [1.165, 1.54) is 18.2 Å². The number of nitro benzene ring substituents is 1. The number of nitro groups is 1. The smallest absolute Gasteiger partial charge is 0.270 e. The predicted octanol–water partition coefficient (Wildman–Crippen LogP) is 1.38. The van der Waals surface area contributed by atoms with E-state index in [1.807, 2.05) is 0 Å². The van der Waals surface area contributed by atoms with Gasteiger partial charge in [-0.3, -0.25) is 24.6 Å². The second kappa shape index (κ2) is 10.7. The molecule has 2 amide bonds. The number of non-ortho nitro benzene ring substituents is 1. The molecule has 0 unspecified atom stereocenters. The summed E-state index contributed by atoms with van der Waals surface area (Å²) in [6.07, 6.45) is 0.723. The molecule has 0 aliphatic rings. The van der Waals surface area contributed by atoms with E-state index in [0.29, 0.717) is 23.3 Å². The number of carbonyl (C=O) groups excluding carboxylic acids is 2. The van der Waals surface area contributed by atoms with Crippen molar-refractivity contribution >= 4 is 39.1 Å². The van der Waals surface area contributed by atoms with E-state index >= 15 is 0 Å². The first-order chi connectivity index (χ1) is 11.8. The van der Waals surface area contributed by atoms with Crippen LogP contribution >= 0.6 is 15.9 Å². The van der Waals surface area contributed by atoms with Crippen LogP contribution in [0.4, 0.5) is 11.4 Å². The summed E-state index contributed by atoms with van der Waals surface area (Å²) >= 11 is 3.18. The van der Waals surface area contributed by atoms with Crippen LogP contribution in [0, 0.1) is 10.1 Å². The Balaban J connectivity index is 2.43. The molecule has 0 saturated heterocycles. The normalized spacial score (nSPS) is 10.6. The quantitative estimate of drug-likeness (QED) is 0.338. The van der Waals surface area contributed by atoms with Crippen molar-refractivity contribution < 1.29 is 19.2 Å². The highest BCUT2D eigenvalue weighted by molar-refractivity contribution is 9.10. The molecule has 1 aromatic rings. The maximum absolute atomic E-state index is 12.0. The highest BCUT2D eigenvalue weighted by atomic mass is 79.9. The van der Waals surface area contributed by atoms with Crippen LogP contribution in [0.3, 0.4) is 0 Å². The summed E-state index contributed by atoms with van der Waals surface area (Å²) in [4.78, 5) is 35.5. The molecule has 0 aliphatic heterocycles. The van der Waals surface area contributed by atoms with E-state index in [0.717, 1.165) is 6.42 Å². The van der Waals surface area contributed by atoms with Gasteiger partial charge < -0.3 is 15.4 Å². The Morgan fingerprint density at radius 1 is 1.32 bits per heavy atom. The number of carbonyl (C=O) groups is 2. The zero-order valence-corrected chi connectivity index (χ0v) is 15.7. The number of halogens is 1. The topological polar surface area (TPSA) is 114 Å². The van der Waals surface area contributed by atoms with Gasteiger partial charge in [0.25, 0.3) is 5.69 Å². The minimum absolute atomic E-state index is 0.00885. The van der Waals surface area contributed by atoms with Gasteiger partial charge in [0.05, 0.1) is 23.7 Å². The molecule has 0 bridgehead atoms. The predicted molar refractivity (Wildman–Crippen MR) is 96.4 cm³/mol. The molecule has 1 rings (SSSR count). The molecular formula is C15H21BrN4O5. The number of anilines is 1. The molecule has 0 aliphatic carbocycles.